The van der Waals surface area contributed by atoms with Crippen molar-refractivity contribution in [3.8, 4) is 0 Å². The highest BCUT2D eigenvalue weighted by Crippen LogP contribution is 2.11. The van der Waals surface area contributed by atoms with E-state index in [1.54, 1.807) is 6.26 Å². The van der Waals surface area contributed by atoms with Crippen LogP contribution in [0.5, 0.6) is 0 Å². The molecule has 0 fully saturated rings. The quantitative estimate of drug-likeness (QED) is 0.865. The van der Waals surface area contributed by atoms with E-state index in [9.17, 15) is 0 Å². The van der Waals surface area contributed by atoms with E-state index in [4.69, 9.17) is 10.2 Å². The molecule has 0 spiro atoms. The summed E-state index contributed by atoms with van der Waals surface area (Å²) in [5.41, 5.74) is 7.97. The van der Waals surface area contributed by atoms with Gasteiger partial charge in [-0.15, -0.1) is 12.4 Å². The summed E-state index contributed by atoms with van der Waals surface area (Å²) >= 11 is 0. The van der Waals surface area contributed by atoms with E-state index in [-0.39, 0.29) is 18.4 Å². The van der Waals surface area contributed by atoms with Crippen LogP contribution in [0, 0.1) is 6.92 Å². The third kappa shape index (κ3) is 5.00. The van der Waals surface area contributed by atoms with Crippen LogP contribution in [0.3, 0.4) is 0 Å². The molecule has 0 aliphatic rings. The number of halogens is 1. The number of nitrogens with two attached hydrogens (primary N) is 1. The van der Waals surface area contributed by atoms with E-state index in [2.05, 4.69) is 18.8 Å². The van der Waals surface area contributed by atoms with E-state index in [1.807, 2.05) is 13.0 Å². The number of aromatic nitrogens is 1. The molecule has 2 N–H and O–H groups in total. The van der Waals surface area contributed by atoms with E-state index in [0.717, 1.165) is 18.5 Å². The van der Waals surface area contributed by atoms with Crippen molar-refractivity contribution in [1.29, 1.82) is 0 Å². The second-order valence-electron chi connectivity index (χ2n) is 3.65. The van der Waals surface area contributed by atoms with Gasteiger partial charge in [-0.3, -0.25) is 0 Å². The number of rotatable bonds is 4. The number of aryl methyl sites for hydroxylation is 1. The average Bonchev–Trinajstić information content (AvgIpc) is 2.50. The molecule has 0 aliphatic carbocycles. The first-order chi connectivity index (χ1) is 6.61. The molecule has 0 bridgehead atoms. The molecule has 1 aromatic rings. The van der Waals surface area contributed by atoms with E-state index in [1.165, 1.54) is 5.57 Å². The van der Waals surface area contributed by atoms with E-state index < -0.39 is 0 Å². The standard InChI is InChI=1S/C11H18N2O.ClH/c1-4-10(12)5-8(2)6-11-7-14-9(3)13-11;/h6-7,10H,4-5,12H2,1-3H3;1H/b8-6+;. The molecule has 1 rings (SSSR count). The molecule has 0 saturated heterocycles. The molecule has 15 heavy (non-hydrogen) atoms. The van der Waals surface area contributed by atoms with Crippen LogP contribution in [0.4, 0.5) is 0 Å². The summed E-state index contributed by atoms with van der Waals surface area (Å²) in [7, 11) is 0. The third-order valence-corrected chi connectivity index (χ3v) is 2.14. The lowest BCUT2D eigenvalue weighted by Crippen LogP contribution is -2.18. The Morgan fingerprint density at radius 2 is 2.33 bits per heavy atom. The molecule has 0 radical (unpaired) electrons. The Hall–Kier alpha value is -0.800. The minimum absolute atomic E-state index is 0. The first-order valence-electron chi connectivity index (χ1n) is 4.96. The number of nitrogens with zero attached hydrogens (tertiary/aromatic N) is 1. The molecule has 1 heterocycles. The summed E-state index contributed by atoms with van der Waals surface area (Å²) in [6.07, 6.45) is 5.60. The summed E-state index contributed by atoms with van der Waals surface area (Å²) in [4.78, 5) is 4.20. The molecule has 86 valence electrons. The molecule has 0 amide bonds. The number of oxazole rings is 1. The van der Waals surface area contributed by atoms with Gasteiger partial charge in [-0.2, -0.15) is 0 Å². The van der Waals surface area contributed by atoms with Crippen LogP contribution in [0.1, 0.15) is 38.3 Å². The topological polar surface area (TPSA) is 52.0 Å². The Bertz CT molecular complexity index is 320. The third-order valence-electron chi connectivity index (χ3n) is 2.14. The van der Waals surface area contributed by atoms with Crippen molar-refractivity contribution in [3.63, 3.8) is 0 Å². The Kier molecular flexibility index (Phi) is 6.29. The van der Waals surface area contributed by atoms with Gasteiger partial charge in [0.2, 0.25) is 0 Å². The van der Waals surface area contributed by atoms with Crippen LogP contribution >= 0.6 is 12.4 Å². The van der Waals surface area contributed by atoms with Crippen LogP contribution in [0.25, 0.3) is 6.08 Å². The smallest absolute Gasteiger partial charge is 0.191 e. The van der Waals surface area contributed by atoms with Gasteiger partial charge in [-0.05, 0) is 25.8 Å². The van der Waals surface area contributed by atoms with Crippen LogP contribution in [0.2, 0.25) is 0 Å². The second-order valence-corrected chi connectivity index (χ2v) is 3.65. The molecule has 0 aliphatic heterocycles. The lowest BCUT2D eigenvalue weighted by atomic mass is 10.1. The van der Waals surface area contributed by atoms with Gasteiger partial charge in [0.05, 0.1) is 0 Å². The maximum absolute atomic E-state index is 5.85. The maximum Gasteiger partial charge on any atom is 0.191 e. The molecule has 0 aromatic carbocycles. The minimum atomic E-state index is 0. The zero-order valence-electron chi connectivity index (χ0n) is 9.49. The Labute approximate surface area is 97.2 Å². The Balaban J connectivity index is 0.00000196. The van der Waals surface area contributed by atoms with Gasteiger partial charge in [-0.25, -0.2) is 4.98 Å². The monoisotopic (exact) mass is 230 g/mol. The molecule has 0 saturated carbocycles. The first-order valence-corrected chi connectivity index (χ1v) is 4.96. The van der Waals surface area contributed by atoms with Crippen molar-refractivity contribution in [1.82, 2.24) is 4.98 Å². The van der Waals surface area contributed by atoms with Gasteiger partial charge >= 0.3 is 0 Å². The van der Waals surface area contributed by atoms with Gasteiger partial charge < -0.3 is 10.2 Å². The predicted octanol–water partition coefficient (Wildman–Crippen LogP) is 2.94. The van der Waals surface area contributed by atoms with Crippen LogP contribution in [0.15, 0.2) is 16.3 Å². The molecule has 3 nitrogen and oxygen atoms in total. The predicted molar refractivity (Wildman–Crippen MR) is 65.0 cm³/mol. The van der Waals surface area contributed by atoms with Crippen molar-refractivity contribution in [3.05, 3.63) is 23.4 Å². The molecule has 1 atom stereocenters. The lowest BCUT2D eigenvalue weighted by Gasteiger charge is -2.07. The molecular formula is C11H19ClN2O. The van der Waals surface area contributed by atoms with Crippen molar-refractivity contribution in [2.45, 2.75) is 39.7 Å². The fraction of sp³-hybridized carbons (Fsp3) is 0.545. The SMILES string of the molecule is CCC(N)C/C(C)=C/c1coc(C)n1.Cl. The van der Waals surface area contributed by atoms with Crippen molar-refractivity contribution in [2.75, 3.05) is 0 Å². The Morgan fingerprint density at radius 1 is 1.67 bits per heavy atom. The normalized spacial score (nSPS) is 13.5. The highest BCUT2D eigenvalue weighted by Gasteiger charge is 2.01. The summed E-state index contributed by atoms with van der Waals surface area (Å²) in [6, 6.07) is 0.249. The van der Waals surface area contributed by atoms with Crippen molar-refractivity contribution in [2.24, 2.45) is 5.73 Å². The van der Waals surface area contributed by atoms with E-state index >= 15 is 0 Å². The van der Waals surface area contributed by atoms with Crippen molar-refractivity contribution >= 4 is 18.5 Å². The van der Waals surface area contributed by atoms with Crippen molar-refractivity contribution < 1.29 is 4.42 Å². The zero-order valence-corrected chi connectivity index (χ0v) is 10.3. The number of hydrogen-bond donors (Lipinski definition) is 1. The Morgan fingerprint density at radius 3 is 2.80 bits per heavy atom. The number of hydrogen-bond acceptors (Lipinski definition) is 3. The van der Waals surface area contributed by atoms with Gasteiger partial charge in [-0.1, -0.05) is 12.5 Å². The highest BCUT2D eigenvalue weighted by molar-refractivity contribution is 5.85. The molecule has 4 heteroatoms. The van der Waals surface area contributed by atoms with Gasteiger partial charge in [0.25, 0.3) is 0 Å². The van der Waals surface area contributed by atoms with Crippen LogP contribution in [-0.4, -0.2) is 11.0 Å². The summed E-state index contributed by atoms with van der Waals surface area (Å²) < 4.78 is 5.11. The fourth-order valence-electron chi connectivity index (χ4n) is 1.32. The largest absolute Gasteiger partial charge is 0.449 e. The second kappa shape index (κ2) is 6.64. The van der Waals surface area contributed by atoms with Gasteiger partial charge in [0.1, 0.15) is 12.0 Å². The van der Waals surface area contributed by atoms with Crippen LogP contribution in [-0.2, 0) is 0 Å². The highest BCUT2D eigenvalue weighted by atomic mass is 35.5. The summed E-state index contributed by atoms with van der Waals surface area (Å²) in [6.45, 7) is 6.00. The zero-order chi connectivity index (χ0) is 10.6. The van der Waals surface area contributed by atoms with Gasteiger partial charge in [0, 0.05) is 13.0 Å². The lowest BCUT2D eigenvalue weighted by molar-refractivity contribution is 0.521. The first kappa shape index (κ1) is 14.2. The maximum atomic E-state index is 5.85. The van der Waals surface area contributed by atoms with E-state index in [0.29, 0.717) is 5.89 Å². The minimum Gasteiger partial charge on any atom is -0.449 e. The summed E-state index contributed by atoms with van der Waals surface area (Å²) in [5.74, 6) is 0.698. The summed E-state index contributed by atoms with van der Waals surface area (Å²) in [5, 5.41) is 0. The average molecular weight is 231 g/mol. The molecular weight excluding hydrogens is 212 g/mol. The molecule has 1 aromatic heterocycles. The molecule has 1 unspecified atom stereocenters. The van der Waals surface area contributed by atoms with Gasteiger partial charge in [0.15, 0.2) is 5.89 Å². The fourth-order valence-corrected chi connectivity index (χ4v) is 1.32. The van der Waals surface area contributed by atoms with Crippen LogP contribution < -0.4 is 5.73 Å².